The number of ether oxygens (including phenoxy) is 2. The van der Waals surface area contributed by atoms with Crippen molar-refractivity contribution >= 4 is 28.3 Å². The highest BCUT2D eigenvalue weighted by Gasteiger charge is 2.21. The van der Waals surface area contributed by atoms with E-state index in [1.165, 1.54) is 29.7 Å². The van der Waals surface area contributed by atoms with Gasteiger partial charge in [-0.05, 0) is 67.5 Å². The van der Waals surface area contributed by atoms with Gasteiger partial charge in [0.2, 0.25) is 0 Å². The number of aromatic nitrogens is 3. The normalized spacial score (nSPS) is 20.6. The predicted octanol–water partition coefficient (Wildman–Crippen LogP) is 6.62. The van der Waals surface area contributed by atoms with Crippen LogP contribution in [0.5, 0.6) is 11.8 Å². The summed E-state index contributed by atoms with van der Waals surface area (Å²) in [5, 5.41) is 0.636. The van der Waals surface area contributed by atoms with Crippen LogP contribution >= 0.6 is 11.6 Å². The van der Waals surface area contributed by atoms with Crippen LogP contribution in [0.3, 0.4) is 0 Å². The molecule has 7 heteroatoms. The Morgan fingerprint density at radius 3 is 2.80 bits per heavy atom. The Hall–Kier alpha value is -3.09. The largest absolute Gasteiger partial charge is 0.426 e. The van der Waals surface area contributed by atoms with Gasteiger partial charge in [-0.3, -0.25) is 0 Å². The predicted molar refractivity (Wildman–Crippen MR) is 139 cm³/mol. The van der Waals surface area contributed by atoms with Crippen molar-refractivity contribution in [2.24, 2.45) is 0 Å². The quantitative estimate of drug-likeness (QED) is 0.437. The van der Waals surface area contributed by atoms with Crippen molar-refractivity contribution in [3.8, 4) is 11.8 Å². The molecule has 35 heavy (non-hydrogen) atoms. The number of nitrogens with one attached hydrogen (secondary N) is 1. The van der Waals surface area contributed by atoms with Crippen molar-refractivity contribution < 1.29 is 9.47 Å². The van der Waals surface area contributed by atoms with Crippen LogP contribution in [0, 0.1) is 0 Å². The van der Waals surface area contributed by atoms with E-state index in [9.17, 15) is 0 Å². The van der Waals surface area contributed by atoms with E-state index >= 15 is 0 Å². The van der Waals surface area contributed by atoms with Crippen molar-refractivity contribution in [2.75, 3.05) is 26.3 Å². The number of fused-ring (bicyclic) bond motifs is 1. The minimum atomic E-state index is 0.123. The summed E-state index contributed by atoms with van der Waals surface area (Å²) >= 11 is 6.66. The summed E-state index contributed by atoms with van der Waals surface area (Å²) in [6.07, 6.45) is 14.6. The first-order valence-corrected chi connectivity index (χ1v) is 12.9. The maximum Gasteiger partial charge on any atom is 0.301 e. The van der Waals surface area contributed by atoms with Crippen molar-refractivity contribution in [1.29, 1.82) is 0 Å². The number of nitrogens with zero attached hydrogens (tertiary/aromatic N) is 3. The van der Waals surface area contributed by atoms with E-state index in [0.717, 1.165) is 62.5 Å². The average molecular weight is 489 g/mol. The molecule has 3 heterocycles. The van der Waals surface area contributed by atoms with E-state index in [-0.39, 0.29) is 5.92 Å². The lowest BCUT2D eigenvalue weighted by Crippen LogP contribution is -2.35. The van der Waals surface area contributed by atoms with Gasteiger partial charge >= 0.3 is 6.01 Å². The van der Waals surface area contributed by atoms with Crippen LogP contribution in [0.1, 0.15) is 49.3 Å². The molecule has 1 saturated heterocycles. The van der Waals surface area contributed by atoms with Crippen LogP contribution < -0.4 is 4.74 Å². The topological polar surface area (TPSA) is 63.3 Å². The molecule has 1 aromatic carbocycles. The Morgan fingerprint density at radius 1 is 1.09 bits per heavy atom. The number of hydrogen-bond donors (Lipinski definition) is 1. The number of pyridine rings is 1. The molecule has 0 radical (unpaired) electrons. The van der Waals surface area contributed by atoms with E-state index in [4.69, 9.17) is 26.1 Å². The van der Waals surface area contributed by atoms with Crippen LogP contribution in [0.25, 0.3) is 16.7 Å². The second kappa shape index (κ2) is 9.88. The number of hydrogen-bond acceptors (Lipinski definition) is 5. The first-order valence-electron chi connectivity index (χ1n) is 12.5. The summed E-state index contributed by atoms with van der Waals surface area (Å²) in [5.74, 6) is 0.883. The maximum atomic E-state index is 6.66. The van der Waals surface area contributed by atoms with Crippen molar-refractivity contribution in [2.45, 2.75) is 38.0 Å². The van der Waals surface area contributed by atoms with E-state index in [2.05, 4.69) is 51.3 Å². The van der Waals surface area contributed by atoms with E-state index in [1.807, 2.05) is 18.2 Å². The number of rotatable bonds is 5. The number of halogens is 1. The molecule has 2 aromatic heterocycles. The molecule has 0 spiro atoms. The minimum Gasteiger partial charge on any atom is -0.426 e. The smallest absolute Gasteiger partial charge is 0.301 e. The van der Waals surface area contributed by atoms with Gasteiger partial charge in [0.15, 0.2) is 5.65 Å². The maximum absolute atomic E-state index is 6.66. The molecule has 6 rings (SSSR count). The van der Waals surface area contributed by atoms with Crippen LogP contribution in [-0.2, 0) is 4.74 Å². The molecule has 3 aliphatic rings. The third-order valence-electron chi connectivity index (χ3n) is 6.95. The zero-order valence-electron chi connectivity index (χ0n) is 19.7. The molecule has 0 bridgehead atoms. The Labute approximate surface area is 210 Å². The third-order valence-corrected chi connectivity index (χ3v) is 7.25. The molecule has 1 N–H and O–H groups in total. The summed E-state index contributed by atoms with van der Waals surface area (Å²) in [6.45, 7) is 3.43. The minimum absolute atomic E-state index is 0.123. The molecule has 0 amide bonds. The second-order valence-corrected chi connectivity index (χ2v) is 9.71. The van der Waals surface area contributed by atoms with Crippen LogP contribution in [0.2, 0.25) is 5.02 Å². The molecular weight excluding hydrogens is 460 g/mol. The van der Waals surface area contributed by atoms with Crippen LogP contribution in [-0.4, -0.2) is 46.2 Å². The van der Waals surface area contributed by atoms with E-state index in [0.29, 0.717) is 16.7 Å². The van der Waals surface area contributed by atoms with Crippen LogP contribution in [0.15, 0.2) is 60.3 Å². The number of benzene rings is 1. The number of aromatic amines is 1. The summed E-state index contributed by atoms with van der Waals surface area (Å²) in [5.41, 5.74) is 6.10. The number of imidazole rings is 1. The summed E-state index contributed by atoms with van der Waals surface area (Å²) in [6, 6.07) is 10.5. The van der Waals surface area contributed by atoms with Gasteiger partial charge < -0.3 is 19.4 Å². The molecule has 180 valence electrons. The molecule has 1 fully saturated rings. The lowest BCUT2D eigenvalue weighted by molar-refractivity contribution is 0.0551. The van der Waals surface area contributed by atoms with Crippen molar-refractivity contribution in [1.82, 2.24) is 19.9 Å². The summed E-state index contributed by atoms with van der Waals surface area (Å²) in [7, 11) is 0. The molecule has 6 nitrogen and oxygen atoms in total. The van der Waals surface area contributed by atoms with Crippen LogP contribution in [0.4, 0.5) is 0 Å². The van der Waals surface area contributed by atoms with Gasteiger partial charge in [-0.1, -0.05) is 42.0 Å². The lowest BCUT2D eigenvalue weighted by atomic mass is 9.94. The first kappa shape index (κ1) is 22.4. The highest BCUT2D eigenvalue weighted by Crippen LogP contribution is 2.34. The monoisotopic (exact) mass is 488 g/mol. The fraction of sp³-hybridized carbons (Fsp3) is 0.357. The molecule has 0 saturated carbocycles. The Morgan fingerprint density at radius 2 is 2.00 bits per heavy atom. The van der Waals surface area contributed by atoms with Gasteiger partial charge in [0.25, 0.3) is 0 Å². The molecule has 1 unspecified atom stereocenters. The summed E-state index contributed by atoms with van der Waals surface area (Å²) in [4.78, 5) is 15.0. The van der Waals surface area contributed by atoms with Gasteiger partial charge in [-0.2, -0.15) is 4.98 Å². The number of H-pyrrole nitrogens is 1. The Bertz CT molecular complexity index is 1320. The molecule has 3 aromatic rings. The first-order chi connectivity index (χ1) is 17.2. The molecular formula is C28H29ClN4O2. The van der Waals surface area contributed by atoms with Crippen molar-refractivity contribution in [3.63, 3.8) is 0 Å². The fourth-order valence-corrected chi connectivity index (χ4v) is 5.35. The summed E-state index contributed by atoms with van der Waals surface area (Å²) < 4.78 is 11.6. The fourth-order valence-electron chi connectivity index (χ4n) is 5.06. The molecule has 1 aliphatic heterocycles. The second-order valence-electron chi connectivity index (χ2n) is 9.30. The van der Waals surface area contributed by atoms with Gasteiger partial charge in [0.1, 0.15) is 5.75 Å². The third kappa shape index (κ3) is 4.86. The Balaban J connectivity index is 1.20. The number of allylic oxidation sites excluding steroid dienone is 5. The van der Waals surface area contributed by atoms with Gasteiger partial charge in [0.05, 0.1) is 29.4 Å². The van der Waals surface area contributed by atoms with Gasteiger partial charge in [-0.15, -0.1) is 0 Å². The SMILES string of the molecule is Clc1cc2[nH]c(Oc3cccc(C4=CCCCC4)c3)nc2nc1C1C=CC(N2CCOCC2)=CC1. The molecule has 2 aliphatic carbocycles. The van der Waals surface area contributed by atoms with E-state index < -0.39 is 0 Å². The standard InChI is InChI=1S/C28H29ClN4O2/c29-24-18-25-27(31-26(24)20-9-11-22(12-10-20)33-13-15-34-16-14-33)32-28(30-25)35-23-8-4-7-21(17-23)19-5-2-1-3-6-19/h4-5,7-9,11-12,17-18,20H,1-3,6,10,13-16H2,(H,30,31,32). The number of morpholine rings is 1. The lowest BCUT2D eigenvalue weighted by Gasteiger charge is -2.31. The molecule has 1 atom stereocenters. The van der Waals surface area contributed by atoms with E-state index in [1.54, 1.807) is 0 Å². The zero-order valence-corrected chi connectivity index (χ0v) is 20.4. The average Bonchev–Trinajstić information content (AvgIpc) is 3.30. The Kier molecular flexibility index (Phi) is 6.32. The van der Waals surface area contributed by atoms with Crippen molar-refractivity contribution in [3.05, 3.63) is 76.6 Å². The van der Waals surface area contributed by atoms with Gasteiger partial charge in [0, 0.05) is 24.7 Å². The highest BCUT2D eigenvalue weighted by molar-refractivity contribution is 6.31. The highest BCUT2D eigenvalue weighted by atomic mass is 35.5. The zero-order chi connectivity index (χ0) is 23.6. The van der Waals surface area contributed by atoms with Gasteiger partial charge in [-0.25, -0.2) is 4.98 Å².